The monoisotopic (exact) mass is 335 g/mol. The molecule has 1 N–H and O–H groups in total. The summed E-state index contributed by atoms with van der Waals surface area (Å²) in [6.07, 6.45) is 4.00. The molecule has 0 radical (unpaired) electrons. The van der Waals surface area contributed by atoms with Crippen LogP contribution in [0.3, 0.4) is 0 Å². The third-order valence-corrected chi connectivity index (χ3v) is 4.25. The number of hydrogen-bond acceptors (Lipinski definition) is 2. The minimum Gasteiger partial charge on any atom is -0.316 e. The van der Waals surface area contributed by atoms with Crippen LogP contribution in [0.4, 0.5) is 0 Å². The highest BCUT2D eigenvalue weighted by Gasteiger charge is 2.12. The van der Waals surface area contributed by atoms with E-state index in [0.717, 1.165) is 18.5 Å². The molecular formula is C16H22BrN3. The Morgan fingerprint density at radius 1 is 1.20 bits per heavy atom. The molecule has 0 aliphatic carbocycles. The van der Waals surface area contributed by atoms with Crippen molar-refractivity contribution in [2.24, 2.45) is 0 Å². The van der Waals surface area contributed by atoms with E-state index in [-0.39, 0.29) is 0 Å². The highest BCUT2D eigenvalue weighted by atomic mass is 79.9. The topological polar surface area (TPSA) is 29.9 Å². The van der Waals surface area contributed by atoms with Crippen LogP contribution in [-0.4, -0.2) is 22.9 Å². The fourth-order valence-corrected chi connectivity index (χ4v) is 2.68. The summed E-state index contributed by atoms with van der Waals surface area (Å²) in [5.74, 6) is 0. The van der Waals surface area contributed by atoms with Crippen LogP contribution in [0.15, 0.2) is 41.0 Å². The highest BCUT2D eigenvalue weighted by Crippen LogP contribution is 2.18. The van der Waals surface area contributed by atoms with Crippen molar-refractivity contribution in [1.29, 1.82) is 0 Å². The molecule has 0 amide bonds. The number of nitrogens with one attached hydrogen (secondary N) is 1. The lowest BCUT2D eigenvalue weighted by molar-refractivity contribution is 0.508. The van der Waals surface area contributed by atoms with Crippen LogP contribution in [0.1, 0.15) is 31.1 Å². The Labute approximate surface area is 129 Å². The first-order valence-corrected chi connectivity index (χ1v) is 7.84. The summed E-state index contributed by atoms with van der Waals surface area (Å²) in [7, 11) is 2.01. The van der Waals surface area contributed by atoms with E-state index in [4.69, 9.17) is 0 Å². The molecular weight excluding hydrogens is 314 g/mol. The van der Waals surface area contributed by atoms with E-state index in [9.17, 15) is 0 Å². The van der Waals surface area contributed by atoms with Gasteiger partial charge in [0.15, 0.2) is 0 Å². The van der Waals surface area contributed by atoms with E-state index in [1.54, 1.807) is 0 Å². The average Bonchev–Trinajstić information content (AvgIpc) is 2.89. The molecule has 2 aromatic rings. The van der Waals surface area contributed by atoms with Crippen LogP contribution in [-0.2, 0) is 12.8 Å². The zero-order valence-electron chi connectivity index (χ0n) is 12.3. The maximum absolute atomic E-state index is 4.63. The lowest BCUT2D eigenvalue weighted by Crippen LogP contribution is -2.30. The minimum absolute atomic E-state index is 0.393. The van der Waals surface area contributed by atoms with Crippen molar-refractivity contribution in [2.45, 2.75) is 38.8 Å². The van der Waals surface area contributed by atoms with Gasteiger partial charge in [-0.2, -0.15) is 5.10 Å². The van der Waals surface area contributed by atoms with Gasteiger partial charge in [-0.1, -0.05) is 34.1 Å². The molecule has 0 fully saturated rings. The van der Waals surface area contributed by atoms with Crippen molar-refractivity contribution >= 4 is 15.9 Å². The number of aromatic nitrogens is 2. The van der Waals surface area contributed by atoms with Gasteiger partial charge in [-0.15, -0.1) is 0 Å². The van der Waals surface area contributed by atoms with Gasteiger partial charge in [0, 0.05) is 29.2 Å². The second kappa shape index (κ2) is 7.04. The number of hydrogen-bond donors (Lipinski definition) is 1. The van der Waals surface area contributed by atoms with Gasteiger partial charge in [0.05, 0.1) is 5.69 Å². The van der Waals surface area contributed by atoms with E-state index in [0.29, 0.717) is 12.1 Å². The Balaban J connectivity index is 2.03. The number of likely N-dealkylation sites (N-methyl/N-ethyl adjacent to an activating group) is 1. The predicted octanol–water partition coefficient (Wildman–Crippen LogP) is 3.60. The van der Waals surface area contributed by atoms with Gasteiger partial charge in [0.1, 0.15) is 0 Å². The van der Waals surface area contributed by atoms with Gasteiger partial charge in [0.25, 0.3) is 0 Å². The van der Waals surface area contributed by atoms with Gasteiger partial charge < -0.3 is 5.32 Å². The highest BCUT2D eigenvalue weighted by molar-refractivity contribution is 9.10. The average molecular weight is 336 g/mol. The van der Waals surface area contributed by atoms with Gasteiger partial charge in [-0.3, -0.25) is 4.68 Å². The standard InChI is InChI=1S/C16H22BrN3/c1-12(2)20-9-8-14(19-20)11-15(18-3)10-13-6-4-5-7-16(13)17/h4-9,12,15,18H,10-11H2,1-3H3. The Kier molecular flexibility index (Phi) is 5.38. The molecule has 0 aliphatic heterocycles. The Morgan fingerprint density at radius 2 is 1.95 bits per heavy atom. The fourth-order valence-electron chi connectivity index (χ4n) is 2.23. The first kappa shape index (κ1) is 15.3. The third kappa shape index (κ3) is 3.93. The van der Waals surface area contributed by atoms with Crippen molar-refractivity contribution in [3.63, 3.8) is 0 Å². The molecule has 0 aliphatic rings. The fraction of sp³-hybridized carbons (Fsp3) is 0.438. The molecule has 2 rings (SSSR count). The van der Waals surface area contributed by atoms with Crippen LogP contribution >= 0.6 is 15.9 Å². The Bertz CT molecular complexity index is 548. The molecule has 1 unspecified atom stereocenters. The molecule has 1 atom stereocenters. The van der Waals surface area contributed by atoms with Crippen molar-refractivity contribution in [1.82, 2.24) is 15.1 Å². The second-order valence-electron chi connectivity index (χ2n) is 5.37. The van der Waals surface area contributed by atoms with Gasteiger partial charge in [-0.05, 0) is 45.0 Å². The molecule has 0 saturated heterocycles. The van der Waals surface area contributed by atoms with E-state index in [1.807, 2.05) is 17.8 Å². The van der Waals surface area contributed by atoms with Crippen LogP contribution in [0, 0.1) is 0 Å². The van der Waals surface area contributed by atoms with Crippen LogP contribution in [0.25, 0.3) is 0 Å². The summed E-state index contributed by atoms with van der Waals surface area (Å²) in [6.45, 7) is 4.29. The zero-order chi connectivity index (χ0) is 14.5. The molecule has 0 spiro atoms. The SMILES string of the molecule is CNC(Cc1ccn(C(C)C)n1)Cc1ccccc1Br. The smallest absolute Gasteiger partial charge is 0.0640 e. The molecule has 0 bridgehead atoms. The molecule has 3 nitrogen and oxygen atoms in total. The third-order valence-electron chi connectivity index (χ3n) is 3.48. The van der Waals surface area contributed by atoms with Crippen molar-refractivity contribution in [3.8, 4) is 0 Å². The lowest BCUT2D eigenvalue weighted by Gasteiger charge is -2.16. The van der Waals surface area contributed by atoms with E-state index >= 15 is 0 Å². The summed E-state index contributed by atoms with van der Waals surface area (Å²) < 4.78 is 3.19. The Morgan fingerprint density at radius 3 is 2.55 bits per heavy atom. The van der Waals surface area contributed by atoms with Gasteiger partial charge in [-0.25, -0.2) is 0 Å². The van der Waals surface area contributed by atoms with E-state index in [2.05, 4.69) is 70.7 Å². The second-order valence-corrected chi connectivity index (χ2v) is 6.22. The van der Waals surface area contributed by atoms with Gasteiger partial charge >= 0.3 is 0 Å². The maximum Gasteiger partial charge on any atom is 0.0640 e. The Hall–Kier alpha value is -1.13. The van der Waals surface area contributed by atoms with Crippen molar-refractivity contribution in [2.75, 3.05) is 7.05 Å². The molecule has 4 heteroatoms. The van der Waals surface area contributed by atoms with Crippen molar-refractivity contribution < 1.29 is 0 Å². The lowest BCUT2D eigenvalue weighted by atomic mass is 10.0. The molecule has 20 heavy (non-hydrogen) atoms. The summed E-state index contributed by atoms with van der Waals surface area (Å²) in [5.41, 5.74) is 2.47. The summed E-state index contributed by atoms with van der Waals surface area (Å²) in [4.78, 5) is 0. The van der Waals surface area contributed by atoms with Crippen molar-refractivity contribution in [3.05, 3.63) is 52.3 Å². The molecule has 108 valence electrons. The van der Waals surface area contributed by atoms with Crippen LogP contribution in [0.5, 0.6) is 0 Å². The molecule has 1 aromatic heterocycles. The zero-order valence-corrected chi connectivity index (χ0v) is 13.9. The van der Waals surface area contributed by atoms with E-state index < -0.39 is 0 Å². The number of halogens is 1. The first-order valence-electron chi connectivity index (χ1n) is 7.05. The first-order chi connectivity index (χ1) is 9.60. The number of nitrogens with zero attached hydrogens (tertiary/aromatic N) is 2. The van der Waals surface area contributed by atoms with E-state index in [1.165, 1.54) is 10.0 Å². The maximum atomic E-state index is 4.63. The summed E-state index contributed by atoms with van der Waals surface area (Å²) in [5, 5.41) is 8.02. The van der Waals surface area contributed by atoms with Crippen LogP contribution in [0.2, 0.25) is 0 Å². The number of rotatable bonds is 6. The predicted molar refractivity (Wildman–Crippen MR) is 87.0 cm³/mol. The largest absolute Gasteiger partial charge is 0.316 e. The normalized spacial score (nSPS) is 12.8. The van der Waals surface area contributed by atoms with Gasteiger partial charge in [0.2, 0.25) is 0 Å². The molecule has 0 saturated carbocycles. The van der Waals surface area contributed by atoms with Crippen LogP contribution < -0.4 is 5.32 Å². The minimum atomic E-state index is 0.393. The quantitative estimate of drug-likeness (QED) is 0.874. The molecule has 1 aromatic carbocycles. The molecule has 1 heterocycles. The summed E-state index contributed by atoms with van der Waals surface area (Å²) >= 11 is 3.62. The number of benzene rings is 1. The summed E-state index contributed by atoms with van der Waals surface area (Å²) in [6, 6.07) is 11.3.